The molecule has 2 aromatic rings. The van der Waals surface area contributed by atoms with Gasteiger partial charge in [0.2, 0.25) is 0 Å². The third kappa shape index (κ3) is 2.78. The van der Waals surface area contributed by atoms with E-state index in [0.717, 1.165) is 6.07 Å². The third-order valence-electron chi connectivity index (χ3n) is 2.45. The molecule has 0 saturated heterocycles. The van der Waals surface area contributed by atoms with Crippen molar-refractivity contribution in [1.29, 1.82) is 0 Å². The lowest BCUT2D eigenvalue weighted by Gasteiger charge is -2.05. The number of nitrogens with zero attached hydrogens (tertiary/aromatic N) is 2. The van der Waals surface area contributed by atoms with E-state index in [4.69, 9.17) is 11.5 Å². The molecule has 1 aromatic carbocycles. The largest absolute Gasteiger partial charge is 0.383 e. The molecule has 94 valence electrons. The van der Waals surface area contributed by atoms with Gasteiger partial charge in [0.15, 0.2) is 0 Å². The Morgan fingerprint density at radius 2 is 1.78 bits per heavy atom. The number of anilines is 1. The van der Waals surface area contributed by atoms with Crippen LogP contribution in [0.1, 0.15) is 17.0 Å². The van der Waals surface area contributed by atoms with Crippen molar-refractivity contribution in [3.8, 4) is 0 Å². The number of nitrogens with two attached hydrogens (primary N) is 2. The Balaban J connectivity index is 2.25. The molecule has 0 saturated carbocycles. The molecule has 0 amide bonds. The van der Waals surface area contributed by atoms with E-state index in [0.29, 0.717) is 22.8 Å². The molecule has 0 fully saturated rings. The molecule has 1 heterocycles. The normalized spacial score (nSPS) is 10.6. The average Bonchev–Trinajstić information content (AvgIpc) is 2.27. The Labute approximate surface area is 103 Å². The van der Waals surface area contributed by atoms with Crippen LogP contribution in [0.2, 0.25) is 0 Å². The molecule has 6 heteroatoms. The molecule has 0 spiro atoms. The zero-order valence-corrected chi connectivity index (χ0v) is 9.53. The fourth-order valence-corrected chi connectivity index (χ4v) is 1.60. The highest BCUT2D eigenvalue weighted by Crippen LogP contribution is 2.13. The van der Waals surface area contributed by atoms with E-state index in [-0.39, 0.29) is 13.0 Å². The fraction of sp³-hybridized carbons (Fsp3) is 0.167. The van der Waals surface area contributed by atoms with Crippen molar-refractivity contribution >= 4 is 5.82 Å². The lowest BCUT2D eigenvalue weighted by molar-refractivity contribution is 0.580. The topological polar surface area (TPSA) is 77.8 Å². The summed E-state index contributed by atoms with van der Waals surface area (Å²) in [6.45, 7) is 0.251. The van der Waals surface area contributed by atoms with Crippen LogP contribution >= 0.6 is 0 Å². The van der Waals surface area contributed by atoms with Crippen molar-refractivity contribution < 1.29 is 8.78 Å². The molecule has 4 N–H and O–H groups in total. The summed E-state index contributed by atoms with van der Waals surface area (Å²) in [5.74, 6) is -0.567. The summed E-state index contributed by atoms with van der Waals surface area (Å²) in [5.41, 5.74) is 12.2. The van der Waals surface area contributed by atoms with Gasteiger partial charge in [-0.05, 0) is 17.7 Å². The van der Waals surface area contributed by atoms with E-state index in [2.05, 4.69) is 9.97 Å². The molecular weight excluding hydrogens is 238 g/mol. The van der Waals surface area contributed by atoms with E-state index in [9.17, 15) is 8.78 Å². The summed E-state index contributed by atoms with van der Waals surface area (Å²) in [6.07, 6.45) is 1.73. The van der Waals surface area contributed by atoms with Crippen molar-refractivity contribution in [3.63, 3.8) is 0 Å². The first-order valence-corrected chi connectivity index (χ1v) is 5.34. The fourth-order valence-electron chi connectivity index (χ4n) is 1.60. The Morgan fingerprint density at radius 3 is 2.33 bits per heavy atom. The molecule has 0 unspecified atom stereocenters. The molecule has 18 heavy (non-hydrogen) atoms. The summed E-state index contributed by atoms with van der Waals surface area (Å²) in [7, 11) is 0. The molecule has 0 aliphatic heterocycles. The predicted molar refractivity (Wildman–Crippen MR) is 63.5 cm³/mol. The molecule has 0 bridgehead atoms. The molecule has 1 aromatic heterocycles. The van der Waals surface area contributed by atoms with Crippen LogP contribution in [0.5, 0.6) is 0 Å². The molecular formula is C12H12F2N4. The Hall–Kier alpha value is -2.08. The lowest BCUT2D eigenvalue weighted by atomic mass is 10.1. The van der Waals surface area contributed by atoms with Gasteiger partial charge in [0.05, 0.1) is 0 Å². The standard InChI is InChI=1S/C12H12F2N4/c13-9-1-7(2-10(14)4-9)3-11-17-6-8(5-15)12(16)18-11/h1-2,4,6H,3,5,15H2,(H2,16,17,18). The van der Waals surface area contributed by atoms with Gasteiger partial charge in [-0.2, -0.15) is 0 Å². The van der Waals surface area contributed by atoms with Gasteiger partial charge in [0.1, 0.15) is 23.3 Å². The highest BCUT2D eigenvalue weighted by molar-refractivity contribution is 5.37. The molecule has 0 aliphatic rings. The van der Waals surface area contributed by atoms with Crippen LogP contribution in [0.4, 0.5) is 14.6 Å². The molecule has 2 rings (SSSR count). The summed E-state index contributed by atoms with van der Waals surface area (Å²) in [4.78, 5) is 8.09. The zero-order chi connectivity index (χ0) is 13.1. The number of aromatic nitrogens is 2. The maximum Gasteiger partial charge on any atom is 0.135 e. The van der Waals surface area contributed by atoms with Crippen molar-refractivity contribution in [2.45, 2.75) is 13.0 Å². The van der Waals surface area contributed by atoms with Gasteiger partial charge in [0.25, 0.3) is 0 Å². The number of hydrogen-bond acceptors (Lipinski definition) is 4. The first kappa shape index (κ1) is 12.4. The molecule has 0 aliphatic carbocycles. The number of hydrogen-bond donors (Lipinski definition) is 2. The van der Waals surface area contributed by atoms with E-state index in [1.165, 1.54) is 18.3 Å². The molecule has 0 radical (unpaired) electrons. The SMILES string of the molecule is NCc1cnc(Cc2cc(F)cc(F)c2)nc1N. The number of benzene rings is 1. The summed E-state index contributed by atoms with van der Waals surface area (Å²) >= 11 is 0. The maximum atomic E-state index is 13.0. The quantitative estimate of drug-likeness (QED) is 0.862. The van der Waals surface area contributed by atoms with Gasteiger partial charge in [-0.1, -0.05) is 0 Å². The van der Waals surface area contributed by atoms with Gasteiger partial charge in [-0.25, -0.2) is 18.7 Å². The highest BCUT2D eigenvalue weighted by atomic mass is 19.1. The van der Waals surface area contributed by atoms with Gasteiger partial charge in [-0.15, -0.1) is 0 Å². The minimum absolute atomic E-state index is 0.212. The van der Waals surface area contributed by atoms with Gasteiger partial charge >= 0.3 is 0 Å². The van der Waals surface area contributed by atoms with Crippen molar-refractivity contribution in [1.82, 2.24) is 9.97 Å². The van der Waals surface area contributed by atoms with Crippen molar-refractivity contribution in [2.24, 2.45) is 5.73 Å². The number of halogens is 2. The Kier molecular flexibility index (Phi) is 3.47. The Bertz CT molecular complexity index is 552. The summed E-state index contributed by atoms with van der Waals surface area (Å²) in [6, 6.07) is 3.29. The van der Waals surface area contributed by atoms with Crippen LogP contribution in [0.15, 0.2) is 24.4 Å². The first-order chi connectivity index (χ1) is 8.58. The molecule has 0 atom stereocenters. The van der Waals surface area contributed by atoms with Crippen LogP contribution < -0.4 is 11.5 Å². The van der Waals surface area contributed by atoms with Gasteiger partial charge < -0.3 is 11.5 Å². The predicted octanol–water partition coefficient (Wildman–Crippen LogP) is 1.39. The lowest BCUT2D eigenvalue weighted by Crippen LogP contribution is -2.07. The molecule has 4 nitrogen and oxygen atoms in total. The number of rotatable bonds is 3. The third-order valence-corrected chi connectivity index (χ3v) is 2.45. The van der Waals surface area contributed by atoms with E-state index < -0.39 is 11.6 Å². The summed E-state index contributed by atoms with van der Waals surface area (Å²) in [5, 5.41) is 0. The zero-order valence-electron chi connectivity index (χ0n) is 9.53. The van der Waals surface area contributed by atoms with Crippen LogP contribution in [0, 0.1) is 11.6 Å². The second-order valence-electron chi connectivity index (χ2n) is 3.86. The van der Waals surface area contributed by atoms with Crippen molar-refractivity contribution in [3.05, 3.63) is 53.0 Å². The van der Waals surface area contributed by atoms with Crippen LogP contribution in [0.3, 0.4) is 0 Å². The smallest absolute Gasteiger partial charge is 0.135 e. The summed E-state index contributed by atoms with van der Waals surface area (Å²) < 4.78 is 26.0. The monoisotopic (exact) mass is 250 g/mol. The van der Waals surface area contributed by atoms with Crippen LogP contribution in [0.25, 0.3) is 0 Å². The van der Waals surface area contributed by atoms with E-state index >= 15 is 0 Å². The van der Waals surface area contributed by atoms with Crippen LogP contribution in [-0.2, 0) is 13.0 Å². The van der Waals surface area contributed by atoms with Crippen molar-refractivity contribution in [2.75, 3.05) is 5.73 Å². The first-order valence-electron chi connectivity index (χ1n) is 5.34. The second kappa shape index (κ2) is 5.05. The number of nitrogen functional groups attached to an aromatic ring is 1. The van der Waals surface area contributed by atoms with E-state index in [1.807, 2.05) is 0 Å². The maximum absolute atomic E-state index is 13.0. The van der Waals surface area contributed by atoms with Gasteiger partial charge in [0, 0.05) is 30.8 Å². The second-order valence-corrected chi connectivity index (χ2v) is 3.86. The average molecular weight is 250 g/mol. The highest BCUT2D eigenvalue weighted by Gasteiger charge is 2.06. The minimum Gasteiger partial charge on any atom is -0.383 e. The Morgan fingerprint density at radius 1 is 1.11 bits per heavy atom. The van der Waals surface area contributed by atoms with E-state index in [1.54, 1.807) is 0 Å². The minimum atomic E-state index is -0.628. The van der Waals surface area contributed by atoms with Crippen LogP contribution in [-0.4, -0.2) is 9.97 Å². The van der Waals surface area contributed by atoms with Gasteiger partial charge in [-0.3, -0.25) is 0 Å².